The average Bonchev–Trinajstić information content (AvgIpc) is 3.07. The third-order valence-corrected chi connectivity index (χ3v) is 5.01. The zero-order chi connectivity index (χ0) is 22.2. The number of rotatable bonds is 4. The summed E-state index contributed by atoms with van der Waals surface area (Å²) >= 11 is 0. The molecular formula is C19H19F3N6O3. The minimum Gasteiger partial charge on any atom is -0.406 e. The van der Waals surface area contributed by atoms with Gasteiger partial charge in [0.05, 0.1) is 24.0 Å². The van der Waals surface area contributed by atoms with Crippen molar-refractivity contribution >= 4 is 28.6 Å². The smallest absolute Gasteiger partial charge is 0.406 e. The fraction of sp³-hybridized carbons (Fsp3) is 0.368. The Morgan fingerprint density at radius 3 is 2.77 bits per heavy atom. The van der Waals surface area contributed by atoms with Crippen molar-refractivity contribution in [2.45, 2.75) is 19.1 Å². The number of hydrogen-bond acceptors (Lipinski definition) is 7. The van der Waals surface area contributed by atoms with Gasteiger partial charge in [0.2, 0.25) is 5.91 Å². The standard InChI is InChI=1S/C19H19F3N6O3/c1-11-9-27(4-5-28(11)15-3-2-12(7-23-15)19(20,21)22)10-16(29)25-13-6-14-17(24-8-13)26-18(30)31-14/h2-3,6-8,11H,4-5,9-10H2,1H3,(H,25,29)(H,24,26,30)/t11-/m1/s1. The number of hydrogen-bond donors (Lipinski definition) is 2. The quantitative estimate of drug-likeness (QED) is 0.645. The highest BCUT2D eigenvalue weighted by Crippen LogP contribution is 2.30. The lowest BCUT2D eigenvalue weighted by atomic mass is 10.1. The van der Waals surface area contributed by atoms with Crippen molar-refractivity contribution in [1.29, 1.82) is 0 Å². The lowest BCUT2D eigenvalue weighted by Crippen LogP contribution is -2.53. The van der Waals surface area contributed by atoms with Gasteiger partial charge in [-0.3, -0.25) is 14.7 Å². The summed E-state index contributed by atoms with van der Waals surface area (Å²) in [7, 11) is 0. The van der Waals surface area contributed by atoms with Crippen molar-refractivity contribution in [3.8, 4) is 0 Å². The number of nitrogens with zero attached hydrogens (tertiary/aromatic N) is 4. The van der Waals surface area contributed by atoms with E-state index < -0.39 is 17.5 Å². The van der Waals surface area contributed by atoms with Crippen LogP contribution in [-0.4, -0.2) is 58.0 Å². The van der Waals surface area contributed by atoms with E-state index in [9.17, 15) is 22.8 Å². The second kappa shape index (κ2) is 8.02. The van der Waals surface area contributed by atoms with Crippen LogP contribution in [0.2, 0.25) is 0 Å². The van der Waals surface area contributed by atoms with E-state index in [4.69, 9.17) is 4.42 Å². The minimum atomic E-state index is -4.42. The first-order chi connectivity index (χ1) is 14.7. The third-order valence-electron chi connectivity index (χ3n) is 5.01. The molecule has 1 amide bonds. The van der Waals surface area contributed by atoms with E-state index >= 15 is 0 Å². The van der Waals surface area contributed by atoms with Crippen LogP contribution in [0.25, 0.3) is 11.2 Å². The van der Waals surface area contributed by atoms with E-state index in [1.165, 1.54) is 18.3 Å². The largest absolute Gasteiger partial charge is 0.418 e. The van der Waals surface area contributed by atoms with Crippen molar-refractivity contribution in [1.82, 2.24) is 19.9 Å². The van der Waals surface area contributed by atoms with Crippen molar-refractivity contribution in [3.05, 3.63) is 46.7 Å². The first-order valence-electron chi connectivity index (χ1n) is 9.50. The van der Waals surface area contributed by atoms with Crippen LogP contribution < -0.4 is 16.0 Å². The van der Waals surface area contributed by atoms with Gasteiger partial charge in [0.15, 0.2) is 11.2 Å². The number of amides is 1. The fourth-order valence-electron chi connectivity index (χ4n) is 3.55. The molecule has 2 N–H and O–H groups in total. The van der Waals surface area contributed by atoms with Gasteiger partial charge >= 0.3 is 11.9 Å². The number of oxazole rings is 1. The maximum absolute atomic E-state index is 12.7. The van der Waals surface area contributed by atoms with E-state index in [0.717, 1.165) is 12.3 Å². The predicted molar refractivity (Wildman–Crippen MR) is 106 cm³/mol. The summed E-state index contributed by atoms with van der Waals surface area (Å²) in [6.45, 7) is 3.67. The number of fused-ring (bicyclic) bond motifs is 1. The highest BCUT2D eigenvalue weighted by Gasteiger charge is 2.32. The molecule has 0 aromatic carbocycles. The molecule has 3 aromatic heterocycles. The molecule has 4 heterocycles. The Balaban J connectivity index is 1.33. The molecule has 1 aliphatic heterocycles. The molecule has 0 spiro atoms. The van der Waals surface area contributed by atoms with Gasteiger partial charge in [0.1, 0.15) is 5.82 Å². The Bertz CT molecular complexity index is 1140. The summed E-state index contributed by atoms with van der Waals surface area (Å²) < 4.78 is 43.1. The second-order valence-electron chi connectivity index (χ2n) is 7.31. The predicted octanol–water partition coefficient (Wildman–Crippen LogP) is 2.08. The maximum atomic E-state index is 12.7. The Morgan fingerprint density at radius 1 is 1.29 bits per heavy atom. The number of carbonyl (C=O) groups excluding carboxylic acids is 1. The number of H-pyrrole nitrogens is 1. The van der Waals surface area contributed by atoms with Gasteiger partial charge in [-0.2, -0.15) is 13.2 Å². The van der Waals surface area contributed by atoms with Crippen molar-refractivity contribution in [2.24, 2.45) is 0 Å². The number of carbonyl (C=O) groups is 1. The molecule has 1 fully saturated rings. The van der Waals surface area contributed by atoms with Crippen molar-refractivity contribution in [3.63, 3.8) is 0 Å². The molecule has 12 heteroatoms. The fourth-order valence-corrected chi connectivity index (χ4v) is 3.55. The molecule has 31 heavy (non-hydrogen) atoms. The number of aromatic amines is 1. The van der Waals surface area contributed by atoms with Crippen LogP contribution in [0.4, 0.5) is 24.7 Å². The first kappa shape index (κ1) is 20.8. The topological polar surface area (TPSA) is 107 Å². The molecule has 9 nitrogen and oxygen atoms in total. The third kappa shape index (κ3) is 4.68. The van der Waals surface area contributed by atoms with Crippen molar-refractivity contribution < 1.29 is 22.4 Å². The molecule has 164 valence electrons. The van der Waals surface area contributed by atoms with Crippen LogP contribution in [0.5, 0.6) is 0 Å². The average molecular weight is 436 g/mol. The number of pyridine rings is 2. The Labute approximate surface area is 173 Å². The van der Waals surface area contributed by atoms with Gasteiger partial charge in [0, 0.05) is 37.9 Å². The number of anilines is 2. The summed E-state index contributed by atoms with van der Waals surface area (Å²) in [5, 5.41) is 2.72. The molecule has 4 rings (SSSR count). The molecule has 0 radical (unpaired) electrons. The minimum absolute atomic E-state index is 0.0436. The SMILES string of the molecule is C[C@@H]1CN(CC(=O)Nc2cnc3[nH]c(=O)oc3c2)CCN1c1ccc(C(F)(F)F)cn1. The van der Waals surface area contributed by atoms with Crippen LogP contribution in [0.3, 0.4) is 0 Å². The second-order valence-corrected chi connectivity index (χ2v) is 7.31. The summed E-state index contributed by atoms with van der Waals surface area (Å²) in [4.78, 5) is 37.8. The van der Waals surface area contributed by atoms with Crippen LogP contribution >= 0.6 is 0 Å². The Kier molecular flexibility index (Phi) is 5.39. The monoisotopic (exact) mass is 436 g/mol. The molecule has 0 bridgehead atoms. The maximum Gasteiger partial charge on any atom is 0.418 e. The summed E-state index contributed by atoms with van der Waals surface area (Å²) in [5.41, 5.74) is 0.158. The lowest BCUT2D eigenvalue weighted by molar-refractivity contribution is -0.137. The van der Waals surface area contributed by atoms with Crippen LogP contribution in [-0.2, 0) is 11.0 Å². The van der Waals surface area contributed by atoms with Crippen LogP contribution in [0.15, 0.2) is 39.8 Å². The molecule has 1 aliphatic rings. The van der Waals surface area contributed by atoms with Gasteiger partial charge in [-0.25, -0.2) is 14.8 Å². The molecular weight excluding hydrogens is 417 g/mol. The lowest BCUT2D eigenvalue weighted by Gasteiger charge is -2.40. The Morgan fingerprint density at radius 2 is 2.10 bits per heavy atom. The van der Waals surface area contributed by atoms with Crippen LogP contribution in [0, 0.1) is 0 Å². The normalized spacial score (nSPS) is 17.8. The molecule has 3 aromatic rings. The highest BCUT2D eigenvalue weighted by molar-refractivity contribution is 5.93. The summed E-state index contributed by atoms with van der Waals surface area (Å²) in [5.74, 6) is -0.412. The van der Waals surface area contributed by atoms with Gasteiger partial charge in [-0.05, 0) is 19.1 Å². The first-order valence-corrected chi connectivity index (χ1v) is 9.50. The number of piperazine rings is 1. The highest BCUT2D eigenvalue weighted by atomic mass is 19.4. The van der Waals surface area contributed by atoms with Gasteiger partial charge < -0.3 is 14.6 Å². The van der Waals surface area contributed by atoms with E-state index in [1.807, 2.05) is 16.7 Å². The summed E-state index contributed by atoms with van der Waals surface area (Å²) in [6, 6.07) is 3.85. The van der Waals surface area contributed by atoms with Crippen LogP contribution in [0.1, 0.15) is 12.5 Å². The number of aromatic nitrogens is 3. The summed E-state index contributed by atoms with van der Waals surface area (Å²) in [6.07, 6.45) is -2.17. The van der Waals surface area contributed by atoms with Gasteiger partial charge in [-0.1, -0.05) is 0 Å². The Hall–Kier alpha value is -3.41. The molecule has 1 saturated heterocycles. The molecule has 0 unspecified atom stereocenters. The van der Waals surface area contributed by atoms with Crippen molar-refractivity contribution in [2.75, 3.05) is 36.4 Å². The molecule has 0 saturated carbocycles. The van der Waals surface area contributed by atoms with E-state index in [2.05, 4.69) is 20.3 Å². The van der Waals surface area contributed by atoms with Gasteiger partial charge in [0.25, 0.3) is 0 Å². The number of halogens is 3. The van der Waals surface area contributed by atoms with E-state index in [0.29, 0.717) is 36.8 Å². The molecule has 0 aliphatic carbocycles. The number of nitrogens with one attached hydrogen (secondary N) is 2. The van der Waals surface area contributed by atoms with E-state index in [-0.39, 0.29) is 24.1 Å². The number of alkyl halides is 3. The zero-order valence-corrected chi connectivity index (χ0v) is 16.4. The zero-order valence-electron chi connectivity index (χ0n) is 16.4. The van der Waals surface area contributed by atoms with Gasteiger partial charge in [-0.15, -0.1) is 0 Å². The molecule has 1 atom stereocenters. The van der Waals surface area contributed by atoms with E-state index in [1.54, 1.807) is 0 Å².